The lowest BCUT2D eigenvalue weighted by atomic mass is 10.1. The van der Waals surface area contributed by atoms with E-state index in [9.17, 15) is 4.79 Å². The molecule has 6 heteroatoms. The number of hydrogen-bond donors (Lipinski definition) is 2. The Bertz CT molecular complexity index is 388. The number of nitrogens with two attached hydrogens (primary N) is 1. The first-order valence-corrected chi connectivity index (χ1v) is 6.95. The van der Waals surface area contributed by atoms with E-state index in [2.05, 4.69) is 36.4 Å². The Labute approximate surface area is 114 Å². The van der Waals surface area contributed by atoms with Crippen LogP contribution in [0.2, 0.25) is 0 Å². The molecule has 0 aromatic carbocycles. The fourth-order valence-corrected chi connectivity index (χ4v) is 1.72. The average molecular weight is 267 g/mol. The van der Waals surface area contributed by atoms with Crippen LogP contribution in [-0.2, 0) is 11.3 Å². The summed E-state index contributed by atoms with van der Waals surface area (Å²) in [6.45, 7) is 7.24. The number of carbonyl (C=O) groups excluding carboxylic acids is 1. The van der Waals surface area contributed by atoms with Crippen LogP contribution >= 0.6 is 0 Å². The molecule has 1 rings (SSSR count). The van der Waals surface area contributed by atoms with Crippen molar-refractivity contribution >= 4 is 5.91 Å². The molecule has 0 aliphatic carbocycles. The smallest absolute Gasteiger partial charge is 0.241 e. The zero-order valence-electron chi connectivity index (χ0n) is 12.1. The summed E-state index contributed by atoms with van der Waals surface area (Å²) in [5.41, 5.74) is 6.69. The van der Waals surface area contributed by atoms with Gasteiger partial charge in [0.25, 0.3) is 0 Å². The minimum atomic E-state index is -0.0947. The molecule has 0 aliphatic rings. The first-order valence-electron chi connectivity index (χ1n) is 6.95. The third kappa shape index (κ3) is 5.83. The second-order valence-corrected chi connectivity index (χ2v) is 5.27. The van der Waals surface area contributed by atoms with E-state index < -0.39 is 0 Å². The quantitative estimate of drug-likeness (QED) is 0.742. The lowest BCUT2D eigenvalue weighted by Gasteiger charge is -2.07. The monoisotopic (exact) mass is 267 g/mol. The molecule has 0 spiro atoms. The van der Waals surface area contributed by atoms with Gasteiger partial charge in [0.2, 0.25) is 5.91 Å². The van der Waals surface area contributed by atoms with Gasteiger partial charge in [-0.1, -0.05) is 32.4 Å². The molecule has 1 amide bonds. The van der Waals surface area contributed by atoms with Gasteiger partial charge in [0.05, 0.1) is 17.9 Å². The lowest BCUT2D eigenvalue weighted by molar-refractivity contribution is -0.121. The number of nitrogens with one attached hydrogen (secondary N) is 1. The van der Waals surface area contributed by atoms with Crippen molar-refractivity contribution in [3.05, 3.63) is 11.9 Å². The molecule has 0 radical (unpaired) electrons. The molecule has 19 heavy (non-hydrogen) atoms. The van der Waals surface area contributed by atoms with Gasteiger partial charge in [0.1, 0.15) is 6.54 Å². The van der Waals surface area contributed by atoms with E-state index in [1.54, 1.807) is 6.20 Å². The highest BCUT2D eigenvalue weighted by molar-refractivity contribution is 5.75. The van der Waals surface area contributed by atoms with E-state index >= 15 is 0 Å². The summed E-state index contributed by atoms with van der Waals surface area (Å²) in [6.07, 6.45) is 4.61. The third-order valence-electron chi connectivity index (χ3n) is 2.89. The van der Waals surface area contributed by atoms with Crippen molar-refractivity contribution in [3.8, 4) is 0 Å². The second-order valence-electron chi connectivity index (χ2n) is 5.27. The van der Waals surface area contributed by atoms with Gasteiger partial charge in [-0.15, -0.1) is 5.10 Å². The number of aromatic nitrogens is 3. The fraction of sp³-hybridized carbons (Fsp3) is 0.769. The SMILES string of the molecule is CCCC(N)c1cn(CC(=O)NCCC(C)C)nn1. The fourth-order valence-electron chi connectivity index (χ4n) is 1.72. The van der Waals surface area contributed by atoms with E-state index in [0.29, 0.717) is 12.5 Å². The second kappa shape index (κ2) is 7.89. The van der Waals surface area contributed by atoms with E-state index in [4.69, 9.17) is 5.73 Å². The molecular formula is C13H25N5O. The average Bonchev–Trinajstić information content (AvgIpc) is 2.77. The van der Waals surface area contributed by atoms with Crippen LogP contribution in [0.15, 0.2) is 6.20 Å². The zero-order valence-corrected chi connectivity index (χ0v) is 12.1. The Kier molecular flexibility index (Phi) is 6.49. The molecule has 0 aliphatic heterocycles. The normalized spacial score (nSPS) is 12.7. The molecule has 1 heterocycles. The number of rotatable bonds is 8. The predicted octanol–water partition coefficient (Wildman–Crippen LogP) is 1.24. The predicted molar refractivity (Wildman–Crippen MR) is 74.3 cm³/mol. The minimum Gasteiger partial charge on any atom is -0.354 e. The third-order valence-corrected chi connectivity index (χ3v) is 2.89. The molecule has 0 saturated heterocycles. The van der Waals surface area contributed by atoms with Crippen molar-refractivity contribution in [2.24, 2.45) is 11.7 Å². The Morgan fingerprint density at radius 2 is 2.21 bits per heavy atom. The van der Waals surface area contributed by atoms with Gasteiger partial charge in [0, 0.05) is 6.54 Å². The van der Waals surface area contributed by atoms with Gasteiger partial charge >= 0.3 is 0 Å². The Morgan fingerprint density at radius 3 is 2.84 bits per heavy atom. The molecule has 0 fully saturated rings. The Morgan fingerprint density at radius 1 is 1.47 bits per heavy atom. The van der Waals surface area contributed by atoms with Crippen LogP contribution in [0, 0.1) is 5.92 Å². The van der Waals surface area contributed by atoms with Crippen molar-refractivity contribution in [2.45, 2.75) is 52.6 Å². The molecule has 1 atom stereocenters. The molecule has 1 unspecified atom stereocenters. The maximum Gasteiger partial charge on any atom is 0.241 e. The summed E-state index contributed by atoms with van der Waals surface area (Å²) in [6, 6.07) is -0.0947. The standard InChI is InChI=1S/C13H25N5O/c1-4-5-11(14)12-8-18(17-16-12)9-13(19)15-7-6-10(2)3/h8,10-11H,4-7,9,14H2,1-3H3,(H,15,19). The van der Waals surface area contributed by atoms with Crippen LogP contribution in [-0.4, -0.2) is 27.4 Å². The maximum absolute atomic E-state index is 11.7. The van der Waals surface area contributed by atoms with Gasteiger partial charge in [0.15, 0.2) is 0 Å². The summed E-state index contributed by atoms with van der Waals surface area (Å²) < 4.78 is 1.54. The summed E-state index contributed by atoms with van der Waals surface area (Å²) >= 11 is 0. The van der Waals surface area contributed by atoms with Gasteiger partial charge < -0.3 is 11.1 Å². The Hall–Kier alpha value is -1.43. The molecule has 1 aromatic rings. The topological polar surface area (TPSA) is 85.8 Å². The van der Waals surface area contributed by atoms with Gasteiger partial charge in [-0.05, 0) is 18.8 Å². The van der Waals surface area contributed by atoms with Crippen molar-refractivity contribution in [1.29, 1.82) is 0 Å². The van der Waals surface area contributed by atoms with Crippen LogP contribution in [0.4, 0.5) is 0 Å². The van der Waals surface area contributed by atoms with Crippen LogP contribution < -0.4 is 11.1 Å². The highest BCUT2D eigenvalue weighted by Gasteiger charge is 2.11. The van der Waals surface area contributed by atoms with E-state index in [0.717, 1.165) is 25.0 Å². The number of amides is 1. The van der Waals surface area contributed by atoms with Crippen LogP contribution in [0.5, 0.6) is 0 Å². The summed E-state index contributed by atoms with van der Waals surface area (Å²) in [5.74, 6) is 0.548. The molecule has 1 aromatic heterocycles. The summed E-state index contributed by atoms with van der Waals surface area (Å²) in [7, 11) is 0. The van der Waals surface area contributed by atoms with Gasteiger partial charge in [-0.2, -0.15) is 0 Å². The van der Waals surface area contributed by atoms with Crippen LogP contribution in [0.1, 0.15) is 51.8 Å². The number of hydrogen-bond acceptors (Lipinski definition) is 4. The molecule has 0 bridgehead atoms. The number of carbonyl (C=O) groups is 1. The first-order chi connectivity index (χ1) is 9.02. The van der Waals surface area contributed by atoms with Gasteiger partial charge in [-0.25, -0.2) is 4.68 Å². The van der Waals surface area contributed by atoms with Crippen molar-refractivity contribution in [1.82, 2.24) is 20.3 Å². The molecule has 3 N–H and O–H groups in total. The molecular weight excluding hydrogens is 242 g/mol. The largest absolute Gasteiger partial charge is 0.354 e. The summed E-state index contributed by atoms with van der Waals surface area (Å²) in [4.78, 5) is 11.7. The highest BCUT2D eigenvalue weighted by Crippen LogP contribution is 2.11. The molecule has 0 saturated carbocycles. The van der Waals surface area contributed by atoms with Gasteiger partial charge in [-0.3, -0.25) is 4.79 Å². The Balaban J connectivity index is 2.38. The summed E-state index contributed by atoms with van der Waals surface area (Å²) in [5, 5.41) is 10.8. The highest BCUT2D eigenvalue weighted by atomic mass is 16.2. The minimum absolute atomic E-state index is 0.0406. The van der Waals surface area contributed by atoms with Crippen molar-refractivity contribution in [2.75, 3.05) is 6.54 Å². The van der Waals surface area contributed by atoms with Crippen LogP contribution in [0.3, 0.4) is 0 Å². The van der Waals surface area contributed by atoms with Crippen LogP contribution in [0.25, 0.3) is 0 Å². The lowest BCUT2D eigenvalue weighted by Crippen LogP contribution is -2.29. The van der Waals surface area contributed by atoms with E-state index in [1.807, 2.05) is 0 Å². The van der Waals surface area contributed by atoms with E-state index in [-0.39, 0.29) is 18.5 Å². The van der Waals surface area contributed by atoms with E-state index in [1.165, 1.54) is 4.68 Å². The zero-order chi connectivity index (χ0) is 14.3. The molecule has 6 nitrogen and oxygen atoms in total. The van der Waals surface area contributed by atoms with Crippen molar-refractivity contribution in [3.63, 3.8) is 0 Å². The maximum atomic E-state index is 11.7. The van der Waals surface area contributed by atoms with Crippen molar-refractivity contribution < 1.29 is 4.79 Å². The first kappa shape index (κ1) is 15.6. The molecule has 108 valence electrons. The number of nitrogens with zero attached hydrogens (tertiary/aromatic N) is 3.